The summed E-state index contributed by atoms with van der Waals surface area (Å²) in [6.45, 7) is 0. The Morgan fingerprint density at radius 3 is 2.78 bits per heavy atom. The van der Waals surface area contributed by atoms with Gasteiger partial charge in [0.15, 0.2) is 0 Å². The summed E-state index contributed by atoms with van der Waals surface area (Å²) in [5.41, 5.74) is 0.595. The van der Waals surface area contributed by atoms with Crippen molar-refractivity contribution in [3.63, 3.8) is 0 Å². The van der Waals surface area contributed by atoms with Crippen molar-refractivity contribution in [1.82, 2.24) is 5.32 Å². The number of benzene rings is 1. The van der Waals surface area contributed by atoms with Crippen molar-refractivity contribution < 1.29 is 4.79 Å². The van der Waals surface area contributed by atoms with Gasteiger partial charge in [-0.3, -0.25) is 4.79 Å². The first-order valence-electron chi connectivity index (χ1n) is 5.48. The minimum absolute atomic E-state index is 0.0334. The maximum Gasteiger partial charge on any atom is 0.262 e. The predicted molar refractivity (Wildman–Crippen MR) is 71.2 cm³/mol. The maximum atomic E-state index is 11.7. The van der Waals surface area contributed by atoms with Gasteiger partial charge in [-0.25, -0.2) is 0 Å². The lowest BCUT2D eigenvalue weighted by atomic mass is 10.1. The van der Waals surface area contributed by atoms with Crippen LogP contribution in [0.4, 0.5) is 0 Å². The van der Waals surface area contributed by atoms with Crippen LogP contribution in [0.15, 0.2) is 23.8 Å². The van der Waals surface area contributed by atoms with Crippen molar-refractivity contribution in [2.45, 2.75) is 18.9 Å². The Kier molecular flexibility index (Phi) is 3.90. The van der Waals surface area contributed by atoms with Crippen molar-refractivity contribution in [1.29, 1.82) is 5.26 Å². The van der Waals surface area contributed by atoms with Crippen molar-refractivity contribution >= 4 is 35.2 Å². The van der Waals surface area contributed by atoms with Crippen molar-refractivity contribution in [2.75, 3.05) is 0 Å². The lowest BCUT2D eigenvalue weighted by molar-refractivity contribution is -0.117. The molecule has 1 aromatic rings. The van der Waals surface area contributed by atoms with Gasteiger partial charge >= 0.3 is 0 Å². The normalized spacial score (nSPS) is 15.1. The number of carbonyl (C=O) groups is 1. The predicted octanol–water partition coefficient (Wildman–Crippen LogP) is 3.18. The Morgan fingerprint density at radius 2 is 2.17 bits per heavy atom. The van der Waals surface area contributed by atoms with Crippen LogP contribution in [0, 0.1) is 11.3 Å². The Morgan fingerprint density at radius 1 is 1.44 bits per heavy atom. The van der Waals surface area contributed by atoms with Crippen LogP contribution < -0.4 is 5.32 Å². The summed E-state index contributed by atoms with van der Waals surface area (Å²) in [6, 6.07) is 7.16. The number of nitrogens with zero attached hydrogens (tertiary/aromatic N) is 1. The quantitative estimate of drug-likeness (QED) is 0.683. The molecule has 2 rings (SSSR count). The zero-order valence-electron chi connectivity index (χ0n) is 9.41. The van der Waals surface area contributed by atoms with Crippen LogP contribution in [0.3, 0.4) is 0 Å². The molecule has 1 saturated carbocycles. The molecular weight excluding hydrogens is 271 g/mol. The summed E-state index contributed by atoms with van der Waals surface area (Å²) in [7, 11) is 0. The molecule has 1 aliphatic rings. The number of carbonyl (C=O) groups excluding carboxylic acids is 1. The SMILES string of the molecule is N#C/C(=C\c1cccc(Cl)c1Cl)C(=O)NC1CC1. The molecule has 5 heteroatoms. The number of hydrogen-bond donors (Lipinski definition) is 1. The standard InChI is InChI=1S/C13H10Cl2N2O/c14-11-3-1-2-8(12(11)15)6-9(7-16)13(18)17-10-4-5-10/h1-3,6,10H,4-5H2,(H,17,18)/b9-6+. The fourth-order valence-electron chi connectivity index (χ4n) is 1.43. The minimum atomic E-state index is -0.365. The molecule has 1 aromatic carbocycles. The monoisotopic (exact) mass is 280 g/mol. The smallest absolute Gasteiger partial charge is 0.262 e. The molecule has 0 bridgehead atoms. The maximum absolute atomic E-state index is 11.7. The number of hydrogen-bond acceptors (Lipinski definition) is 2. The van der Waals surface area contributed by atoms with Gasteiger partial charge in [0.2, 0.25) is 0 Å². The van der Waals surface area contributed by atoms with Crippen molar-refractivity contribution in [3.05, 3.63) is 39.4 Å². The Hall–Kier alpha value is -1.50. The highest BCUT2D eigenvalue weighted by Gasteiger charge is 2.24. The number of nitrogens with one attached hydrogen (secondary N) is 1. The third-order valence-corrected chi connectivity index (χ3v) is 3.39. The van der Waals surface area contributed by atoms with E-state index >= 15 is 0 Å². The van der Waals surface area contributed by atoms with E-state index in [4.69, 9.17) is 28.5 Å². The molecule has 18 heavy (non-hydrogen) atoms. The van der Waals surface area contributed by atoms with Crippen LogP contribution in [0.25, 0.3) is 6.08 Å². The van der Waals surface area contributed by atoms with E-state index in [0.29, 0.717) is 15.6 Å². The molecular formula is C13H10Cl2N2O. The topological polar surface area (TPSA) is 52.9 Å². The zero-order valence-corrected chi connectivity index (χ0v) is 10.9. The highest BCUT2D eigenvalue weighted by Crippen LogP contribution is 2.27. The third kappa shape index (κ3) is 3.04. The molecule has 1 aliphatic carbocycles. The van der Waals surface area contributed by atoms with E-state index in [2.05, 4.69) is 5.32 Å². The van der Waals surface area contributed by atoms with E-state index in [-0.39, 0.29) is 17.5 Å². The molecule has 92 valence electrons. The van der Waals surface area contributed by atoms with E-state index < -0.39 is 0 Å². The molecule has 0 saturated heterocycles. The summed E-state index contributed by atoms with van der Waals surface area (Å²) < 4.78 is 0. The third-order valence-electron chi connectivity index (χ3n) is 2.56. The van der Waals surface area contributed by atoms with Gasteiger partial charge in [-0.2, -0.15) is 5.26 Å². The summed E-state index contributed by atoms with van der Waals surface area (Å²) in [6.07, 6.45) is 3.40. The van der Waals surface area contributed by atoms with Crippen LogP contribution in [0.2, 0.25) is 10.0 Å². The zero-order chi connectivity index (χ0) is 13.1. The second-order valence-corrected chi connectivity index (χ2v) is 4.85. The molecule has 0 unspecified atom stereocenters. The highest BCUT2D eigenvalue weighted by molar-refractivity contribution is 6.43. The fourth-order valence-corrected chi connectivity index (χ4v) is 1.79. The minimum Gasteiger partial charge on any atom is -0.349 e. The molecule has 0 heterocycles. The lowest BCUT2D eigenvalue weighted by Gasteiger charge is -2.03. The molecule has 1 N–H and O–H groups in total. The molecule has 0 spiro atoms. The van der Waals surface area contributed by atoms with E-state index in [9.17, 15) is 4.79 Å². The molecule has 0 atom stereocenters. The van der Waals surface area contributed by atoms with E-state index in [1.807, 2.05) is 6.07 Å². The van der Waals surface area contributed by atoms with Gasteiger partial charge < -0.3 is 5.32 Å². The lowest BCUT2D eigenvalue weighted by Crippen LogP contribution is -2.26. The Balaban J connectivity index is 2.25. The molecule has 0 aromatic heterocycles. The fraction of sp³-hybridized carbons (Fsp3) is 0.231. The summed E-state index contributed by atoms with van der Waals surface area (Å²) in [4.78, 5) is 11.7. The number of amides is 1. The highest BCUT2D eigenvalue weighted by atomic mass is 35.5. The van der Waals surface area contributed by atoms with Gasteiger partial charge in [-0.1, -0.05) is 35.3 Å². The molecule has 0 radical (unpaired) electrons. The first-order chi connectivity index (χ1) is 8.61. The van der Waals surface area contributed by atoms with Gasteiger partial charge in [0.05, 0.1) is 10.0 Å². The number of nitriles is 1. The number of halogens is 2. The Labute approximate surface area is 115 Å². The molecule has 1 amide bonds. The second-order valence-electron chi connectivity index (χ2n) is 4.06. The van der Waals surface area contributed by atoms with Gasteiger partial charge in [-0.05, 0) is 30.5 Å². The van der Waals surface area contributed by atoms with Gasteiger partial charge in [0.1, 0.15) is 11.6 Å². The van der Waals surface area contributed by atoms with Crippen molar-refractivity contribution in [3.8, 4) is 6.07 Å². The van der Waals surface area contributed by atoms with Crippen LogP contribution in [-0.4, -0.2) is 11.9 Å². The molecule has 1 fully saturated rings. The van der Waals surface area contributed by atoms with E-state index in [0.717, 1.165) is 12.8 Å². The summed E-state index contributed by atoms with van der Waals surface area (Å²) >= 11 is 11.9. The molecule has 0 aliphatic heterocycles. The molecule has 3 nitrogen and oxygen atoms in total. The van der Waals surface area contributed by atoms with Crippen molar-refractivity contribution in [2.24, 2.45) is 0 Å². The van der Waals surface area contributed by atoms with E-state index in [1.54, 1.807) is 18.2 Å². The summed E-state index contributed by atoms with van der Waals surface area (Å²) in [5.74, 6) is -0.365. The van der Waals surface area contributed by atoms with E-state index in [1.165, 1.54) is 6.08 Å². The second kappa shape index (κ2) is 5.43. The van der Waals surface area contributed by atoms with Crippen LogP contribution in [0.1, 0.15) is 18.4 Å². The largest absolute Gasteiger partial charge is 0.349 e. The van der Waals surface area contributed by atoms with Gasteiger partial charge in [0.25, 0.3) is 5.91 Å². The van der Waals surface area contributed by atoms with Crippen LogP contribution in [-0.2, 0) is 4.79 Å². The van der Waals surface area contributed by atoms with Crippen LogP contribution >= 0.6 is 23.2 Å². The van der Waals surface area contributed by atoms with Gasteiger partial charge in [0, 0.05) is 6.04 Å². The Bertz CT molecular complexity index is 557. The average Bonchev–Trinajstić information content (AvgIpc) is 3.14. The van der Waals surface area contributed by atoms with Crippen LogP contribution in [0.5, 0.6) is 0 Å². The number of rotatable bonds is 3. The average molecular weight is 281 g/mol. The first kappa shape index (κ1) is 12.9. The van der Waals surface area contributed by atoms with Gasteiger partial charge in [-0.15, -0.1) is 0 Å². The first-order valence-corrected chi connectivity index (χ1v) is 6.24. The summed E-state index contributed by atoms with van der Waals surface area (Å²) in [5, 5.41) is 12.5.